The van der Waals surface area contributed by atoms with Crippen LogP contribution in [0.25, 0.3) is 11.0 Å². The van der Waals surface area contributed by atoms with Crippen LogP contribution in [0.2, 0.25) is 0 Å². The number of aromatic nitrogens is 2. The van der Waals surface area contributed by atoms with E-state index in [0.717, 1.165) is 28.6 Å². The van der Waals surface area contributed by atoms with E-state index in [2.05, 4.69) is 9.97 Å². The maximum Gasteiger partial charge on any atom is 0.249 e. The Morgan fingerprint density at radius 1 is 1.11 bits per heavy atom. The van der Waals surface area contributed by atoms with Gasteiger partial charge in [0.1, 0.15) is 22.3 Å². The summed E-state index contributed by atoms with van der Waals surface area (Å²) in [7, 11) is -3.13. The summed E-state index contributed by atoms with van der Waals surface area (Å²) in [5.74, 6) is -2.77. The van der Waals surface area contributed by atoms with E-state index in [4.69, 9.17) is 9.47 Å². The number of nitrogens with zero attached hydrogens (tertiary/aromatic N) is 4. The van der Waals surface area contributed by atoms with E-state index in [0.29, 0.717) is 0 Å². The molecule has 8 nitrogen and oxygen atoms in total. The molecule has 2 atom stereocenters. The van der Waals surface area contributed by atoms with Gasteiger partial charge in [-0.2, -0.15) is 4.31 Å². The van der Waals surface area contributed by atoms with Crippen LogP contribution in [0.3, 0.4) is 0 Å². The van der Waals surface area contributed by atoms with E-state index in [1.165, 1.54) is 24.3 Å². The summed E-state index contributed by atoms with van der Waals surface area (Å²) in [6.45, 7) is -0.326. The summed E-state index contributed by atoms with van der Waals surface area (Å²) in [6, 6.07) is 4.90. The Balaban J connectivity index is 1.44. The lowest BCUT2D eigenvalue weighted by Crippen LogP contribution is -2.62. The SMILES string of the molecule is COc1ccc(F)cc1S(=O)(=O)N1CCO[C@]12CCN(c1cnc3cc(F)c(F)cc3n1)C[C@@H]2F. The minimum Gasteiger partial charge on any atom is -0.495 e. The zero-order chi connectivity index (χ0) is 25.0. The van der Waals surface area contributed by atoms with E-state index < -0.39 is 44.3 Å². The van der Waals surface area contributed by atoms with Crippen LogP contribution in [-0.2, 0) is 14.8 Å². The summed E-state index contributed by atoms with van der Waals surface area (Å²) in [5, 5.41) is 0. The maximum absolute atomic E-state index is 15.7. The highest BCUT2D eigenvalue weighted by atomic mass is 32.2. The van der Waals surface area contributed by atoms with Crippen LogP contribution >= 0.6 is 0 Å². The summed E-state index contributed by atoms with van der Waals surface area (Å²) in [5.41, 5.74) is -1.57. The number of ether oxygens (including phenoxy) is 2. The third-order valence-corrected chi connectivity index (χ3v) is 8.21. The highest BCUT2D eigenvalue weighted by Gasteiger charge is 2.57. The van der Waals surface area contributed by atoms with Gasteiger partial charge in [0, 0.05) is 31.6 Å². The Hall–Kier alpha value is -3.03. The first-order valence-corrected chi connectivity index (χ1v) is 12.1. The van der Waals surface area contributed by atoms with Crippen molar-refractivity contribution in [3.8, 4) is 5.75 Å². The van der Waals surface area contributed by atoms with Crippen LogP contribution in [0.5, 0.6) is 5.75 Å². The van der Waals surface area contributed by atoms with Gasteiger partial charge in [-0.05, 0) is 18.2 Å². The van der Waals surface area contributed by atoms with Crippen molar-refractivity contribution in [2.45, 2.75) is 23.2 Å². The summed E-state index contributed by atoms with van der Waals surface area (Å²) in [4.78, 5) is 9.44. The number of rotatable bonds is 4. The first-order valence-electron chi connectivity index (χ1n) is 10.7. The Labute approximate surface area is 198 Å². The number of fused-ring (bicyclic) bond motifs is 1. The van der Waals surface area contributed by atoms with Crippen molar-refractivity contribution in [2.75, 3.05) is 38.3 Å². The van der Waals surface area contributed by atoms with Crippen LogP contribution in [0.1, 0.15) is 6.42 Å². The number of benzene rings is 2. The Morgan fingerprint density at radius 2 is 1.86 bits per heavy atom. The molecule has 35 heavy (non-hydrogen) atoms. The lowest BCUT2D eigenvalue weighted by molar-refractivity contribution is -0.116. The number of alkyl halides is 1. The van der Waals surface area contributed by atoms with E-state index in [-0.39, 0.29) is 55.3 Å². The number of hydrogen-bond acceptors (Lipinski definition) is 7. The van der Waals surface area contributed by atoms with Gasteiger partial charge in [0.05, 0.1) is 37.5 Å². The molecule has 13 heteroatoms. The fourth-order valence-corrected chi connectivity index (χ4v) is 6.43. The van der Waals surface area contributed by atoms with E-state index in [1.54, 1.807) is 0 Å². The van der Waals surface area contributed by atoms with Crippen molar-refractivity contribution < 1.29 is 35.5 Å². The van der Waals surface area contributed by atoms with Crippen LogP contribution in [-0.4, -0.2) is 67.9 Å². The Kier molecular flexibility index (Phi) is 5.80. The lowest BCUT2D eigenvalue weighted by Gasteiger charge is -2.45. The number of piperidine rings is 1. The zero-order valence-corrected chi connectivity index (χ0v) is 19.2. The lowest BCUT2D eigenvalue weighted by atomic mass is 9.98. The average Bonchev–Trinajstić information content (AvgIpc) is 3.27. The number of methoxy groups -OCH3 is 1. The Bertz CT molecular complexity index is 1410. The standard InChI is InChI=1S/C22H20F4N4O4S/c1-33-18-3-2-13(23)8-19(18)35(31,32)30-6-7-34-22(30)4-5-29(12-20(22)26)21-11-27-16-9-14(24)15(25)10-17(16)28-21/h2-3,8-11,20H,4-7,12H2,1H3/t20-,22-/m0/s1. The largest absolute Gasteiger partial charge is 0.495 e. The predicted molar refractivity (Wildman–Crippen MR) is 117 cm³/mol. The van der Waals surface area contributed by atoms with Crippen molar-refractivity contribution in [1.29, 1.82) is 0 Å². The van der Waals surface area contributed by atoms with Gasteiger partial charge in [0.15, 0.2) is 23.5 Å². The van der Waals surface area contributed by atoms with Gasteiger partial charge in [-0.3, -0.25) is 4.98 Å². The zero-order valence-electron chi connectivity index (χ0n) is 18.4. The molecular formula is C22H20F4N4O4S. The molecular weight excluding hydrogens is 492 g/mol. The fourth-order valence-electron chi connectivity index (χ4n) is 4.54. The first-order chi connectivity index (χ1) is 16.7. The van der Waals surface area contributed by atoms with Gasteiger partial charge >= 0.3 is 0 Å². The molecule has 0 radical (unpaired) electrons. The minimum atomic E-state index is -4.39. The average molecular weight is 512 g/mol. The monoisotopic (exact) mass is 512 g/mol. The third kappa shape index (κ3) is 3.87. The van der Waals surface area contributed by atoms with E-state index >= 15 is 4.39 Å². The van der Waals surface area contributed by atoms with Gasteiger partial charge < -0.3 is 14.4 Å². The molecule has 0 bridgehead atoms. The second kappa shape index (κ2) is 8.57. The molecule has 0 unspecified atom stereocenters. The van der Waals surface area contributed by atoms with Crippen LogP contribution in [0, 0.1) is 17.5 Å². The van der Waals surface area contributed by atoms with Crippen LogP contribution in [0.15, 0.2) is 41.4 Å². The van der Waals surface area contributed by atoms with Crippen LogP contribution < -0.4 is 9.64 Å². The quantitative estimate of drug-likeness (QED) is 0.497. The molecule has 2 aliphatic heterocycles. The highest BCUT2D eigenvalue weighted by Crippen LogP contribution is 2.42. The first kappa shape index (κ1) is 23.7. The van der Waals surface area contributed by atoms with Gasteiger partial charge in [0.25, 0.3) is 0 Å². The topological polar surface area (TPSA) is 84.9 Å². The second-order valence-corrected chi connectivity index (χ2v) is 10.0. The summed E-state index contributed by atoms with van der Waals surface area (Å²) in [6.07, 6.45) is -0.565. The van der Waals surface area contributed by atoms with Gasteiger partial charge in [-0.15, -0.1) is 0 Å². The molecule has 3 aromatic rings. The molecule has 1 aromatic heterocycles. The molecule has 5 rings (SSSR count). The molecule has 186 valence electrons. The summed E-state index contributed by atoms with van der Waals surface area (Å²) < 4.78 is 95.4. The molecule has 0 aliphatic carbocycles. The normalized spacial score (nSPS) is 23.3. The molecule has 0 saturated carbocycles. The van der Waals surface area contributed by atoms with Gasteiger partial charge in [-0.25, -0.2) is 31.0 Å². The molecule has 3 heterocycles. The van der Waals surface area contributed by atoms with E-state index in [9.17, 15) is 21.6 Å². The fraction of sp³-hybridized carbons (Fsp3) is 0.364. The molecule has 0 amide bonds. The molecule has 2 fully saturated rings. The van der Waals surface area contributed by atoms with Gasteiger partial charge in [0.2, 0.25) is 10.0 Å². The van der Waals surface area contributed by atoms with Crippen molar-refractivity contribution in [3.05, 3.63) is 54.0 Å². The van der Waals surface area contributed by atoms with Gasteiger partial charge in [-0.1, -0.05) is 0 Å². The number of anilines is 1. The molecule has 2 aliphatic rings. The maximum atomic E-state index is 15.7. The number of hydrogen-bond donors (Lipinski definition) is 0. The minimum absolute atomic E-state index is 0.0437. The van der Waals surface area contributed by atoms with Crippen molar-refractivity contribution in [3.63, 3.8) is 0 Å². The molecule has 2 saturated heterocycles. The molecule has 2 aromatic carbocycles. The van der Waals surface area contributed by atoms with E-state index in [1.807, 2.05) is 0 Å². The molecule has 1 spiro atoms. The van der Waals surface area contributed by atoms with Crippen molar-refractivity contribution in [2.24, 2.45) is 0 Å². The molecule has 0 N–H and O–H groups in total. The smallest absolute Gasteiger partial charge is 0.249 e. The second-order valence-electron chi connectivity index (χ2n) is 8.21. The van der Waals surface area contributed by atoms with Crippen LogP contribution in [0.4, 0.5) is 23.4 Å². The van der Waals surface area contributed by atoms with Crippen molar-refractivity contribution >= 4 is 26.9 Å². The highest BCUT2D eigenvalue weighted by molar-refractivity contribution is 7.89. The Morgan fingerprint density at radius 3 is 2.57 bits per heavy atom. The summed E-state index contributed by atoms with van der Waals surface area (Å²) >= 11 is 0. The number of halogens is 4. The predicted octanol–water partition coefficient (Wildman–Crippen LogP) is 3.02. The van der Waals surface area contributed by atoms with Crippen molar-refractivity contribution in [1.82, 2.24) is 14.3 Å². The third-order valence-electron chi connectivity index (χ3n) is 6.27. The number of sulfonamides is 1.